The molecular formula is C27H29N3O5. The number of amides is 5. The largest absolute Gasteiger partial charge is 0.341 e. The van der Waals surface area contributed by atoms with E-state index < -0.39 is 52.3 Å². The van der Waals surface area contributed by atoms with Gasteiger partial charge in [0, 0.05) is 25.1 Å². The molecule has 0 unspecified atom stereocenters. The fourth-order valence-electron chi connectivity index (χ4n) is 7.92. The van der Waals surface area contributed by atoms with Crippen LogP contribution in [0.3, 0.4) is 0 Å². The van der Waals surface area contributed by atoms with Crippen molar-refractivity contribution in [2.75, 3.05) is 14.1 Å². The van der Waals surface area contributed by atoms with E-state index in [0.717, 1.165) is 41.1 Å². The molecule has 2 heterocycles. The Bertz CT molecular complexity index is 1160. The molecule has 4 fully saturated rings. The van der Waals surface area contributed by atoms with Gasteiger partial charge < -0.3 is 5.32 Å². The maximum Gasteiger partial charge on any atom is 0.252 e. The topological polar surface area (TPSA) is 104 Å². The van der Waals surface area contributed by atoms with E-state index >= 15 is 0 Å². The predicted molar refractivity (Wildman–Crippen MR) is 124 cm³/mol. The van der Waals surface area contributed by atoms with Gasteiger partial charge in [0.25, 0.3) is 5.91 Å². The molecule has 7 rings (SSSR count). The zero-order valence-electron chi connectivity index (χ0n) is 20.0. The summed E-state index contributed by atoms with van der Waals surface area (Å²) in [5.41, 5.74) is -0.956. The van der Waals surface area contributed by atoms with Gasteiger partial charge in [-0.3, -0.25) is 33.8 Å². The number of allylic oxidation sites excluding steroid dienone is 1. The first kappa shape index (κ1) is 22.2. The molecule has 2 saturated heterocycles. The molecule has 1 aromatic carbocycles. The zero-order chi connectivity index (χ0) is 24.7. The third-order valence-corrected chi connectivity index (χ3v) is 9.36. The molecule has 1 N–H and O–H groups in total. The van der Waals surface area contributed by atoms with Crippen LogP contribution in [0, 0.1) is 29.1 Å². The van der Waals surface area contributed by atoms with Crippen molar-refractivity contribution in [3.8, 4) is 0 Å². The number of imide groups is 2. The van der Waals surface area contributed by atoms with Gasteiger partial charge >= 0.3 is 0 Å². The monoisotopic (exact) mass is 475 g/mol. The van der Waals surface area contributed by atoms with Crippen molar-refractivity contribution >= 4 is 29.5 Å². The second kappa shape index (κ2) is 7.35. The second-order valence-electron chi connectivity index (χ2n) is 10.8. The summed E-state index contributed by atoms with van der Waals surface area (Å²) < 4.78 is 0. The van der Waals surface area contributed by atoms with Crippen molar-refractivity contribution in [3.05, 3.63) is 47.5 Å². The first-order valence-electron chi connectivity index (χ1n) is 12.5. The summed E-state index contributed by atoms with van der Waals surface area (Å²) in [5.74, 6) is -5.19. The summed E-state index contributed by atoms with van der Waals surface area (Å²) in [6.45, 7) is 0. The fraction of sp³-hybridized carbons (Fsp3) is 0.519. The summed E-state index contributed by atoms with van der Waals surface area (Å²) >= 11 is 0. The van der Waals surface area contributed by atoms with Crippen LogP contribution in [-0.2, 0) is 19.2 Å². The van der Waals surface area contributed by atoms with E-state index in [1.54, 1.807) is 30.3 Å². The van der Waals surface area contributed by atoms with Gasteiger partial charge in [0.05, 0.1) is 29.2 Å². The first-order chi connectivity index (χ1) is 16.8. The van der Waals surface area contributed by atoms with Gasteiger partial charge in [0.15, 0.2) is 0 Å². The Balaban J connectivity index is 1.63. The molecule has 2 saturated carbocycles. The molecule has 2 bridgehead atoms. The lowest BCUT2D eigenvalue weighted by molar-refractivity contribution is -0.154. The highest BCUT2D eigenvalue weighted by Crippen LogP contribution is 2.70. The van der Waals surface area contributed by atoms with Crippen LogP contribution >= 0.6 is 0 Å². The highest BCUT2D eigenvalue weighted by molar-refractivity contribution is 6.13. The van der Waals surface area contributed by atoms with E-state index in [4.69, 9.17) is 0 Å². The van der Waals surface area contributed by atoms with Crippen LogP contribution < -0.4 is 5.32 Å². The molecule has 0 aromatic heterocycles. The van der Waals surface area contributed by atoms with Crippen molar-refractivity contribution in [3.63, 3.8) is 0 Å². The van der Waals surface area contributed by atoms with Crippen molar-refractivity contribution in [2.24, 2.45) is 29.1 Å². The van der Waals surface area contributed by atoms with Crippen LogP contribution in [0.5, 0.6) is 0 Å². The molecule has 1 spiro atoms. The third-order valence-electron chi connectivity index (χ3n) is 9.36. The van der Waals surface area contributed by atoms with Crippen molar-refractivity contribution in [2.45, 2.75) is 44.1 Å². The van der Waals surface area contributed by atoms with Crippen LogP contribution in [0.4, 0.5) is 0 Å². The average molecular weight is 476 g/mol. The van der Waals surface area contributed by atoms with Gasteiger partial charge in [-0.05, 0) is 31.4 Å². The number of nitrogens with zero attached hydrogens (tertiary/aromatic N) is 2. The number of nitrogens with one attached hydrogen (secondary N) is 1. The van der Waals surface area contributed by atoms with Crippen LogP contribution in [0.25, 0.3) is 0 Å². The summed E-state index contributed by atoms with van der Waals surface area (Å²) in [5, 5.41) is 3.07. The summed E-state index contributed by atoms with van der Waals surface area (Å²) in [7, 11) is 2.94. The highest BCUT2D eigenvalue weighted by Gasteiger charge is 2.80. The molecule has 2 aliphatic heterocycles. The SMILES string of the molecule is CN1C(=O)[C@@H]2[C@H](C1=O)C13CCCCCCC1=CC2(NC(=O)c1ccccc1)[C@@H]1C(=O)N(C)C(=O)[C@@H]13. The van der Waals surface area contributed by atoms with Crippen LogP contribution in [-0.4, -0.2) is 59.0 Å². The Morgan fingerprint density at radius 3 is 1.94 bits per heavy atom. The van der Waals surface area contributed by atoms with Crippen LogP contribution in [0.2, 0.25) is 0 Å². The highest BCUT2D eigenvalue weighted by atomic mass is 16.2. The lowest BCUT2D eigenvalue weighted by atomic mass is 9.40. The van der Waals surface area contributed by atoms with Crippen molar-refractivity contribution < 1.29 is 24.0 Å². The van der Waals surface area contributed by atoms with E-state index in [2.05, 4.69) is 5.32 Å². The van der Waals surface area contributed by atoms with Gasteiger partial charge in [-0.1, -0.05) is 49.1 Å². The van der Waals surface area contributed by atoms with Gasteiger partial charge in [-0.15, -0.1) is 0 Å². The molecule has 1 aromatic rings. The number of benzene rings is 1. The summed E-state index contributed by atoms with van der Waals surface area (Å²) in [6.07, 6.45) is 6.95. The minimum Gasteiger partial charge on any atom is -0.341 e. The Morgan fingerprint density at radius 1 is 0.800 bits per heavy atom. The minimum atomic E-state index is -1.44. The molecule has 8 heteroatoms. The Morgan fingerprint density at radius 2 is 1.34 bits per heavy atom. The average Bonchev–Trinajstić information content (AvgIpc) is 3.23. The molecule has 182 valence electrons. The first-order valence-corrected chi connectivity index (χ1v) is 12.5. The lowest BCUT2D eigenvalue weighted by Crippen LogP contribution is -2.73. The zero-order valence-corrected chi connectivity index (χ0v) is 20.0. The number of carbonyl (C=O) groups excluding carboxylic acids is 5. The Kier molecular flexibility index (Phi) is 4.66. The van der Waals surface area contributed by atoms with Crippen LogP contribution in [0.1, 0.15) is 48.9 Å². The van der Waals surface area contributed by atoms with E-state index in [-0.39, 0.29) is 11.8 Å². The standard InChI is InChI=1S/C27H29N3O5/c1-29-22(32)17-19(24(29)34)27(28-21(31)15-10-6-5-7-11-15)14-16-12-8-3-4-9-13-26(16,17)18-20(27)25(35)30(2)23(18)33/h5-7,10-11,14,17-20H,3-4,8-9,12-13H2,1-2H3,(H,28,31)/t17-,18-,19+,20+,26?,27?/m1/s1. The van der Waals surface area contributed by atoms with Crippen molar-refractivity contribution in [1.82, 2.24) is 15.1 Å². The molecular weight excluding hydrogens is 446 g/mol. The predicted octanol–water partition coefficient (Wildman–Crippen LogP) is 1.91. The fourth-order valence-corrected chi connectivity index (χ4v) is 7.92. The van der Waals surface area contributed by atoms with Gasteiger partial charge in [-0.25, -0.2) is 0 Å². The number of likely N-dealkylation sites (tertiary alicyclic amines) is 2. The lowest BCUT2D eigenvalue weighted by Gasteiger charge is -2.62. The van der Waals surface area contributed by atoms with Gasteiger partial charge in [0.1, 0.15) is 0 Å². The number of hydrogen-bond donors (Lipinski definition) is 1. The second-order valence-corrected chi connectivity index (χ2v) is 10.8. The quantitative estimate of drug-likeness (QED) is 0.520. The van der Waals surface area contributed by atoms with Crippen molar-refractivity contribution in [1.29, 1.82) is 0 Å². The molecule has 4 aliphatic carbocycles. The minimum absolute atomic E-state index is 0.308. The Labute approximate surface area is 203 Å². The van der Waals surface area contributed by atoms with E-state index in [0.29, 0.717) is 18.4 Å². The van der Waals surface area contributed by atoms with Gasteiger partial charge in [0.2, 0.25) is 23.6 Å². The van der Waals surface area contributed by atoms with Gasteiger partial charge in [-0.2, -0.15) is 0 Å². The van der Waals surface area contributed by atoms with Crippen LogP contribution in [0.15, 0.2) is 42.0 Å². The van der Waals surface area contributed by atoms with E-state index in [9.17, 15) is 24.0 Å². The smallest absolute Gasteiger partial charge is 0.252 e. The number of carbonyl (C=O) groups is 5. The summed E-state index contributed by atoms with van der Waals surface area (Å²) in [4.78, 5) is 70.5. The molecule has 8 nitrogen and oxygen atoms in total. The number of hydrogen-bond acceptors (Lipinski definition) is 5. The molecule has 35 heavy (non-hydrogen) atoms. The van der Waals surface area contributed by atoms with E-state index in [1.807, 2.05) is 6.08 Å². The normalized spacial score (nSPS) is 37.9. The third kappa shape index (κ3) is 2.60. The molecule has 5 amide bonds. The maximum absolute atomic E-state index is 13.7. The molecule has 0 radical (unpaired) electrons. The number of rotatable bonds is 2. The maximum atomic E-state index is 13.7. The molecule has 6 aliphatic rings. The Hall–Kier alpha value is -3.29. The summed E-state index contributed by atoms with van der Waals surface area (Å²) in [6, 6.07) is 8.63. The van der Waals surface area contributed by atoms with E-state index in [1.165, 1.54) is 14.1 Å². The molecule has 4 atom stereocenters.